The molecule has 0 radical (unpaired) electrons. The summed E-state index contributed by atoms with van der Waals surface area (Å²) in [7, 11) is -3.53. The van der Waals surface area contributed by atoms with E-state index in [9.17, 15) is 8.42 Å². The van der Waals surface area contributed by atoms with Gasteiger partial charge in [0, 0.05) is 23.3 Å². The second kappa shape index (κ2) is 8.41. The molecular weight excluding hydrogens is 414 g/mol. The Morgan fingerprint density at radius 1 is 1.03 bits per heavy atom. The summed E-state index contributed by atoms with van der Waals surface area (Å²) < 4.78 is 33.9. The highest BCUT2D eigenvalue weighted by atomic mass is 32.2. The van der Waals surface area contributed by atoms with Gasteiger partial charge in [0.2, 0.25) is 16.0 Å². The Labute approximate surface area is 181 Å². The molecule has 162 valence electrons. The first-order valence-corrected chi connectivity index (χ1v) is 12.1. The molecule has 1 aliphatic carbocycles. The lowest BCUT2D eigenvalue weighted by atomic mass is 10.1. The molecule has 2 heterocycles. The van der Waals surface area contributed by atoms with E-state index in [2.05, 4.69) is 25.3 Å². The smallest absolute Gasteiger partial charge is 0.240 e. The number of ether oxygens (including phenoxy) is 1. The second-order valence-corrected chi connectivity index (χ2v) is 9.72. The molecule has 2 aliphatic rings. The third kappa shape index (κ3) is 4.79. The number of benzene rings is 2. The minimum Gasteiger partial charge on any atom is -0.488 e. The molecule has 5 rings (SSSR count). The lowest BCUT2D eigenvalue weighted by Gasteiger charge is -2.24. The summed E-state index contributed by atoms with van der Waals surface area (Å²) in [6.45, 7) is 1.90. The maximum Gasteiger partial charge on any atom is 0.240 e. The van der Waals surface area contributed by atoms with E-state index in [0.717, 1.165) is 55.4 Å². The summed E-state index contributed by atoms with van der Waals surface area (Å²) in [4.78, 5) is 9.27. The van der Waals surface area contributed by atoms with E-state index in [1.165, 1.54) is 0 Å². The predicted octanol–water partition coefficient (Wildman–Crippen LogP) is 2.94. The number of para-hydroxylation sites is 1. The SMILES string of the molecule is O=S(=O)(NC1CC1)c1cccc(Nc2ncc3cccc(OC4CCNCC4)c3n2)c1. The second-order valence-electron chi connectivity index (χ2n) is 8.00. The van der Waals surface area contributed by atoms with Gasteiger partial charge in [0.05, 0.1) is 4.90 Å². The van der Waals surface area contributed by atoms with E-state index in [-0.39, 0.29) is 17.0 Å². The van der Waals surface area contributed by atoms with E-state index in [4.69, 9.17) is 4.74 Å². The van der Waals surface area contributed by atoms with Crippen LogP contribution in [0.5, 0.6) is 5.75 Å². The molecule has 1 saturated heterocycles. The third-order valence-electron chi connectivity index (χ3n) is 5.45. The molecule has 0 amide bonds. The first kappa shape index (κ1) is 20.2. The quantitative estimate of drug-likeness (QED) is 0.520. The van der Waals surface area contributed by atoms with Gasteiger partial charge in [0.1, 0.15) is 17.4 Å². The number of hydrogen-bond acceptors (Lipinski definition) is 7. The van der Waals surface area contributed by atoms with Gasteiger partial charge in [0.25, 0.3) is 0 Å². The van der Waals surface area contributed by atoms with Gasteiger partial charge in [-0.2, -0.15) is 0 Å². The largest absolute Gasteiger partial charge is 0.488 e. The first-order chi connectivity index (χ1) is 15.1. The van der Waals surface area contributed by atoms with E-state index >= 15 is 0 Å². The number of nitrogens with zero attached hydrogens (tertiary/aromatic N) is 2. The van der Waals surface area contributed by atoms with Gasteiger partial charge in [-0.1, -0.05) is 18.2 Å². The van der Waals surface area contributed by atoms with Crippen LogP contribution in [0.15, 0.2) is 53.6 Å². The molecule has 3 N–H and O–H groups in total. The lowest BCUT2D eigenvalue weighted by Crippen LogP contribution is -2.34. The van der Waals surface area contributed by atoms with Gasteiger partial charge in [-0.25, -0.2) is 23.1 Å². The Kier molecular flexibility index (Phi) is 5.47. The number of rotatable bonds is 7. The van der Waals surface area contributed by atoms with Crippen LogP contribution in [0.3, 0.4) is 0 Å². The summed E-state index contributed by atoms with van der Waals surface area (Å²) in [6, 6.07) is 12.6. The number of aromatic nitrogens is 2. The van der Waals surface area contributed by atoms with Gasteiger partial charge in [-0.15, -0.1) is 0 Å². The van der Waals surface area contributed by atoms with Crippen LogP contribution in [-0.4, -0.2) is 43.6 Å². The summed E-state index contributed by atoms with van der Waals surface area (Å²) in [5, 5.41) is 7.36. The zero-order valence-corrected chi connectivity index (χ0v) is 17.9. The van der Waals surface area contributed by atoms with Crippen LogP contribution in [0, 0.1) is 0 Å². The predicted molar refractivity (Wildman–Crippen MR) is 119 cm³/mol. The van der Waals surface area contributed by atoms with E-state index < -0.39 is 10.0 Å². The van der Waals surface area contributed by atoms with Crippen molar-refractivity contribution in [3.63, 3.8) is 0 Å². The van der Waals surface area contributed by atoms with Crippen molar-refractivity contribution in [2.24, 2.45) is 0 Å². The minimum absolute atomic E-state index is 0.0591. The standard InChI is InChI=1S/C22H25N5O3S/c28-31(29,27-16-7-8-16)19-5-2-4-17(13-19)25-22-24-14-15-3-1-6-20(21(15)26-22)30-18-9-11-23-12-10-18/h1-6,13-14,16,18,23,27H,7-12H2,(H,24,25,26). The van der Waals surface area contributed by atoms with Crippen molar-refractivity contribution in [1.29, 1.82) is 0 Å². The molecule has 1 saturated carbocycles. The Morgan fingerprint density at radius 2 is 1.84 bits per heavy atom. The van der Waals surface area contributed by atoms with Crippen LogP contribution in [-0.2, 0) is 10.0 Å². The maximum atomic E-state index is 12.5. The van der Waals surface area contributed by atoms with Gasteiger partial charge in [-0.05, 0) is 63.0 Å². The molecule has 0 bridgehead atoms. The number of sulfonamides is 1. The zero-order chi connectivity index (χ0) is 21.3. The van der Waals surface area contributed by atoms with Gasteiger partial charge in [0.15, 0.2) is 0 Å². The van der Waals surface area contributed by atoms with Crippen LogP contribution in [0.1, 0.15) is 25.7 Å². The van der Waals surface area contributed by atoms with Crippen LogP contribution >= 0.6 is 0 Å². The monoisotopic (exact) mass is 439 g/mol. The fourth-order valence-electron chi connectivity index (χ4n) is 3.64. The van der Waals surface area contributed by atoms with Crippen LogP contribution < -0.4 is 20.1 Å². The molecule has 3 aromatic rings. The van der Waals surface area contributed by atoms with Crippen LogP contribution in [0.4, 0.5) is 11.6 Å². The third-order valence-corrected chi connectivity index (χ3v) is 6.97. The number of piperidine rings is 1. The van der Waals surface area contributed by atoms with Gasteiger partial charge >= 0.3 is 0 Å². The summed E-state index contributed by atoms with van der Waals surface area (Å²) in [6.07, 6.45) is 5.62. The molecule has 2 fully saturated rings. The Bertz CT molecular complexity index is 1190. The molecular formula is C22H25N5O3S. The van der Waals surface area contributed by atoms with Crippen molar-refractivity contribution in [2.45, 2.75) is 42.7 Å². The van der Waals surface area contributed by atoms with E-state index in [1.807, 2.05) is 18.2 Å². The Morgan fingerprint density at radius 3 is 2.65 bits per heavy atom. The summed E-state index contributed by atoms with van der Waals surface area (Å²) in [5.41, 5.74) is 1.34. The highest BCUT2D eigenvalue weighted by Gasteiger charge is 2.28. The van der Waals surface area contributed by atoms with Gasteiger partial charge in [-0.3, -0.25) is 0 Å². The average molecular weight is 440 g/mol. The first-order valence-electron chi connectivity index (χ1n) is 10.6. The molecule has 1 aromatic heterocycles. The number of hydrogen-bond donors (Lipinski definition) is 3. The number of anilines is 2. The molecule has 1 aliphatic heterocycles. The maximum absolute atomic E-state index is 12.5. The lowest BCUT2D eigenvalue weighted by molar-refractivity contribution is 0.164. The minimum atomic E-state index is -3.53. The van der Waals surface area contributed by atoms with Crippen molar-refractivity contribution in [3.8, 4) is 5.75 Å². The Balaban J connectivity index is 1.39. The normalized spacial score (nSPS) is 17.5. The number of nitrogens with one attached hydrogen (secondary N) is 3. The summed E-state index contributed by atoms with van der Waals surface area (Å²) >= 11 is 0. The molecule has 2 aromatic carbocycles. The fraction of sp³-hybridized carbons (Fsp3) is 0.364. The molecule has 0 spiro atoms. The van der Waals surface area contributed by atoms with Crippen molar-refractivity contribution in [2.75, 3.05) is 18.4 Å². The topological polar surface area (TPSA) is 105 Å². The molecule has 0 atom stereocenters. The summed E-state index contributed by atoms with van der Waals surface area (Å²) in [5.74, 6) is 1.12. The molecule has 0 unspecified atom stereocenters. The molecule has 9 heteroatoms. The van der Waals surface area contributed by atoms with Crippen molar-refractivity contribution in [1.82, 2.24) is 20.0 Å². The molecule has 31 heavy (non-hydrogen) atoms. The van der Waals surface area contributed by atoms with Crippen LogP contribution in [0.25, 0.3) is 10.9 Å². The zero-order valence-electron chi connectivity index (χ0n) is 17.0. The molecule has 8 nitrogen and oxygen atoms in total. The average Bonchev–Trinajstić information content (AvgIpc) is 3.58. The highest BCUT2D eigenvalue weighted by molar-refractivity contribution is 7.89. The van der Waals surface area contributed by atoms with Crippen molar-refractivity contribution >= 4 is 32.6 Å². The Hall–Kier alpha value is -2.75. The highest BCUT2D eigenvalue weighted by Crippen LogP contribution is 2.28. The van der Waals surface area contributed by atoms with Gasteiger partial charge < -0.3 is 15.4 Å². The van der Waals surface area contributed by atoms with E-state index in [1.54, 1.807) is 30.5 Å². The number of fused-ring (bicyclic) bond motifs is 1. The van der Waals surface area contributed by atoms with E-state index in [0.29, 0.717) is 11.6 Å². The van der Waals surface area contributed by atoms with Crippen molar-refractivity contribution in [3.05, 3.63) is 48.7 Å². The van der Waals surface area contributed by atoms with Crippen LogP contribution in [0.2, 0.25) is 0 Å². The van der Waals surface area contributed by atoms with Crippen molar-refractivity contribution < 1.29 is 13.2 Å². The fourth-order valence-corrected chi connectivity index (χ4v) is 4.99.